The fourth-order valence-corrected chi connectivity index (χ4v) is 2.16. The third-order valence-electron chi connectivity index (χ3n) is 2.52. The molecule has 1 heterocycles. The summed E-state index contributed by atoms with van der Waals surface area (Å²) in [6, 6.07) is 7.86. The second kappa shape index (κ2) is 5.38. The van der Waals surface area contributed by atoms with Crippen LogP contribution in [0.4, 0.5) is 5.82 Å². The van der Waals surface area contributed by atoms with Crippen molar-refractivity contribution in [2.75, 3.05) is 5.73 Å². The van der Waals surface area contributed by atoms with Crippen LogP contribution in [0.2, 0.25) is 10.0 Å². The van der Waals surface area contributed by atoms with Crippen molar-refractivity contribution in [2.45, 2.75) is 0 Å². The highest BCUT2D eigenvalue weighted by atomic mass is 35.5. The molecule has 0 aliphatic heterocycles. The van der Waals surface area contributed by atoms with Crippen LogP contribution in [0.25, 0.3) is 0 Å². The highest BCUT2D eigenvalue weighted by Gasteiger charge is 2.21. The van der Waals surface area contributed by atoms with Gasteiger partial charge in [-0.2, -0.15) is 0 Å². The van der Waals surface area contributed by atoms with E-state index in [-0.39, 0.29) is 32.7 Å². The summed E-state index contributed by atoms with van der Waals surface area (Å²) in [5.74, 6) is -0.473. The van der Waals surface area contributed by atoms with Crippen molar-refractivity contribution in [3.63, 3.8) is 0 Å². The zero-order valence-corrected chi connectivity index (χ0v) is 11.2. The highest BCUT2D eigenvalue weighted by molar-refractivity contribution is 6.55. The fraction of sp³-hybridized carbons (Fsp3) is 0. The lowest BCUT2D eigenvalue weighted by atomic mass is 10.0. The molecule has 6 heteroatoms. The van der Waals surface area contributed by atoms with Crippen molar-refractivity contribution in [1.29, 1.82) is 5.41 Å². The molecule has 4 nitrogen and oxygen atoms in total. The second-order valence-electron chi connectivity index (χ2n) is 3.74. The van der Waals surface area contributed by atoms with Crippen LogP contribution >= 0.6 is 23.2 Å². The maximum Gasteiger partial charge on any atom is 0.214 e. The summed E-state index contributed by atoms with van der Waals surface area (Å²) in [5, 5.41) is 8.32. The summed E-state index contributed by atoms with van der Waals surface area (Å²) in [6.45, 7) is 0. The molecule has 2 aromatic rings. The van der Waals surface area contributed by atoms with E-state index in [1.54, 1.807) is 30.3 Å². The molecular formula is C13H9Cl2N3O. The minimum absolute atomic E-state index is 0.0964. The number of nitrogens with one attached hydrogen (secondary N) is 1. The molecule has 0 unspecified atom stereocenters. The first kappa shape index (κ1) is 13.5. The normalized spacial score (nSPS) is 10.2. The second-order valence-corrected chi connectivity index (χ2v) is 4.55. The lowest BCUT2D eigenvalue weighted by Gasteiger charge is -2.08. The van der Waals surface area contributed by atoms with Crippen LogP contribution in [-0.2, 0) is 0 Å². The molecule has 0 saturated carbocycles. The van der Waals surface area contributed by atoms with Gasteiger partial charge in [-0.25, -0.2) is 4.98 Å². The van der Waals surface area contributed by atoms with Crippen LogP contribution < -0.4 is 5.73 Å². The number of hydrogen-bond acceptors (Lipinski definition) is 4. The van der Waals surface area contributed by atoms with Gasteiger partial charge >= 0.3 is 0 Å². The van der Waals surface area contributed by atoms with Gasteiger partial charge in [-0.05, 0) is 24.3 Å². The first-order chi connectivity index (χ1) is 9.02. The van der Waals surface area contributed by atoms with Gasteiger partial charge in [0.2, 0.25) is 5.78 Å². The third-order valence-corrected chi connectivity index (χ3v) is 3.15. The van der Waals surface area contributed by atoms with E-state index in [1.807, 2.05) is 0 Å². The predicted molar refractivity (Wildman–Crippen MR) is 76.3 cm³/mol. The van der Waals surface area contributed by atoms with Gasteiger partial charge in [-0.3, -0.25) is 10.2 Å². The van der Waals surface area contributed by atoms with Gasteiger partial charge < -0.3 is 5.73 Å². The monoisotopic (exact) mass is 293 g/mol. The van der Waals surface area contributed by atoms with Crippen molar-refractivity contribution < 1.29 is 4.79 Å². The van der Waals surface area contributed by atoms with E-state index in [4.69, 9.17) is 34.3 Å². The van der Waals surface area contributed by atoms with Crippen molar-refractivity contribution in [2.24, 2.45) is 0 Å². The number of hydrogen-bond donors (Lipinski definition) is 2. The fourth-order valence-electron chi connectivity index (χ4n) is 1.59. The molecule has 3 N–H and O–H groups in total. The van der Waals surface area contributed by atoms with Gasteiger partial charge in [0.25, 0.3) is 0 Å². The summed E-state index contributed by atoms with van der Waals surface area (Å²) < 4.78 is 0. The Morgan fingerprint density at radius 3 is 2.37 bits per heavy atom. The van der Waals surface area contributed by atoms with Gasteiger partial charge in [-0.15, -0.1) is 0 Å². The number of nitrogens with zero attached hydrogens (tertiary/aromatic N) is 1. The molecule has 0 atom stereocenters. The Morgan fingerprint density at radius 2 is 1.79 bits per heavy atom. The van der Waals surface area contributed by atoms with Gasteiger partial charge in [0.15, 0.2) is 0 Å². The van der Waals surface area contributed by atoms with E-state index < -0.39 is 5.78 Å². The average Bonchev–Trinajstić information content (AvgIpc) is 2.38. The molecule has 19 heavy (non-hydrogen) atoms. The Hall–Kier alpha value is -1.91. The standard InChI is InChI=1S/C13H9Cl2N3O/c14-8-4-1-5-9(15)10(8)12(19)11(16)7-3-2-6-18-13(7)17/h1-6,16H,(H2,17,18). The van der Waals surface area contributed by atoms with Crippen LogP contribution in [0.1, 0.15) is 15.9 Å². The molecule has 0 spiro atoms. The minimum atomic E-state index is -0.588. The summed E-state index contributed by atoms with van der Waals surface area (Å²) in [4.78, 5) is 16.1. The molecule has 96 valence electrons. The number of halogens is 2. The summed E-state index contributed by atoms with van der Waals surface area (Å²) in [7, 11) is 0. The third kappa shape index (κ3) is 2.59. The maximum atomic E-state index is 12.3. The molecule has 0 fully saturated rings. The largest absolute Gasteiger partial charge is 0.383 e. The Balaban J connectivity index is 2.46. The molecule has 0 saturated heterocycles. The van der Waals surface area contributed by atoms with E-state index in [1.165, 1.54) is 6.20 Å². The number of pyridine rings is 1. The lowest BCUT2D eigenvalue weighted by molar-refractivity contribution is 0.106. The van der Waals surface area contributed by atoms with Crippen molar-refractivity contribution >= 4 is 40.5 Å². The SMILES string of the molecule is N=C(C(=O)c1c(Cl)cccc1Cl)c1cccnc1N. The number of anilines is 1. The summed E-state index contributed by atoms with van der Waals surface area (Å²) >= 11 is 11.9. The van der Waals surface area contributed by atoms with E-state index in [0.717, 1.165) is 0 Å². The Kier molecular flexibility index (Phi) is 3.83. The number of carbonyl (C=O) groups excluding carboxylic acids is 1. The van der Waals surface area contributed by atoms with E-state index in [9.17, 15) is 4.79 Å². The summed E-state index contributed by atoms with van der Waals surface area (Å²) in [5.41, 5.74) is 5.70. The quantitative estimate of drug-likeness (QED) is 0.673. The number of nitrogens with two attached hydrogens (primary N) is 1. The molecule has 0 aliphatic carbocycles. The minimum Gasteiger partial charge on any atom is -0.383 e. The molecule has 0 bridgehead atoms. The molecule has 2 rings (SSSR count). The zero-order chi connectivity index (χ0) is 14.0. The van der Waals surface area contributed by atoms with Gasteiger partial charge in [-0.1, -0.05) is 29.3 Å². The predicted octanol–water partition coefficient (Wildman–Crippen LogP) is 3.22. The molecule has 0 amide bonds. The molecular weight excluding hydrogens is 285 g/mol. The number of benzene rings is 1. The van der Waals surface area contributed by atoms with Gasteiger partial charge in [0, 0.05) is 11.8 Å². The van der Waals surface area contributed by atoms with Crippen molar-refractivity contribution in [3.05, 3.63) is 57.7 Å². The number of carbonyl (C=O) groups is 1. The van der Waals surface area contributed by atoms with Crippen LogP contribution in [0.15, 0.2) is 36.5 Å². The first-order valence-corrected chi connectivity index (χ1v) is 6.06. The van der Waals surface area contributed by atoms with Crippen LogP contribution in [0.5, 0.6) is 0 Å². The first-order valence-electron chi connectivity index (χ1n) is 5.30. The number of nitrogen functional groups attached to an aromatic ring is 1. The van der Waals surface area contributed by atoms with Gasteiger partial charge in [0.05, 0.1) is 15.6 Å². The summed E-state index contributed by atoms with van der Waals surface area (Å²) in [6.07, 6.45) is 1.49. The van der Waals surface area contributed by atoms with Crippen LogP contribution in [-0.4, -0.2) is 16.5 Å². The Bertz CT molecular complexity index is 650. The van der Waals surface area contributed by atoms with Crippen molar-refractivity contribution in [1.82, 2.24) is 4.98 Å². The number of aromatic nitrogens is 1. The Morgan fingerprint density at radius 1 is 1.16 bits per heavy atom. The number of ketones is 1. The van der Waals surface area contributed by atoms with Crippen molar-refractivity contribution in [3.8, 4) is 0 Å². The van der Waals surface area contributed by atoms with E-state index >= 15 is 0 Å². The number of Topliss-reactive ketones (excluding diaryl/α,β-unsaturated/α-hetero) is 1. The van der Waals surface area contributed by atoms with Crippen LogP contribution in [0, 0.1) is 5.41 Å². The zero-order valence-electron chi connectivity index (χ0n) is 9.65. The smallest absolute Gasteiger partial charge is 0.214 e. The lowest BCUT2D eigenvalue weighted by Crippen LogP contribution is -2.17. The van der Waals surface area contributed by atoms with Gasteiger partial charge in [0.1, 0.15) is 11.5 Å². The molecule has 0 radical (unpaired) electrons. The average molecular weight is 294 g/mol. The van der Waals surface area contributed by atoms with Crippen LogP contribution in [0.3, 0.4) is 0 Å². The Labute approximate surface area is 119 Å². The topological polar surface area (TPSA) is 79.8 Å². The maximum absolute atomic E-state index is 12.3. The highest BCUT2D eigenvalue weighted by Crippen LogP contribution is 2.26. The number of rotatable bonds is 3. The molecule has 1 aromatic carbocycles. The van der Waals surface area contributed by atoms with E-state index in [0.29, 0.717) is 0 Å². The molecule has 0 aliphatic rings. The van der Waals surface area contributed by atoms with E-state index in [2.05, 4.69) is 4.98 Å². The molecule has 1 aromatic heterocycles.